The van der Waals surface area contributed by atoms with Crippen molar-refractivity contribution in [1.29, 1.82) is 0 Å². The number of carbonyl (C=O) groups excluding carboxylic acids is 3. The van der Waals surface area contributed by atoms with Crippen LogP contribution in [-0.4, -0.2) is 89.2 Å². The molecule has 6 unspecified atom stereocenters. The van der Waals surface area contributed by atoms with Crippen LogP contribution in [0.2, 0.25) is 0 Å². The summed E-state index contributed by atoms with van der Waals surface area (Å²) in [7, 11) is 0. The number of ether oxygens (including phenoxy) is 5. The molecule has 12 nitrogen and oxygen atoms in total. The van der Waals surface area contributed by atoms with E-state index in [1.165, 1.54) is 25.7 Å². The van der Waals surface area contributed by atoms with Crippen LogP contribution in [-0.2, 0) is 42.9 Å². The van der Waals surface area contributed by atoms with Gasteiger partial charge in [-0.1, -0.05) is 213 Å². The van der Waals surface area contributed by atoms with Crippen molar-refractivity contribution < 1.29 is 58.2 Å². The molecule has 81 heavy (non-hydrogen) atoms. The van der Waals surface area contributed by atoms with Crippen molar-refractivity contribution in [3.63, 3.8) is 0 Å². The highest BCUT2D eigenvalue weighted by Gasteiger charge is 2.50. The fraction of sp³-hybridized carbons (Fsp3) is 0.652. The van der Waals surface area contributed by atoms with E-state index in [-0.39, 0.29) is 25.9 Å². The molecule has 1 aliphatic rings. The number of carboxylic acid groups (broad SMARTS) is 1. The van der Waals surface area contributed by atoms with E-state index in [9.17, 15) is 34.5 Å². The number of esters is 3. The van der Waals surface area contributed by atoms with E-state index in [2.05, 4.69) is 142 Å². The Balaban J connectivity index is 2.72. The Hall–Kier alpha value is -4.88. The third-order valence-electron chi connectivity index (χ3n) is 13.5. The first-order valence-electron chi connectivity index (χ1n) is 31.5. The summed E-state index contributed by atoms with van der Waals surface area (Å²) >= 11 is 0. The maximum atomic E-state index is 13.2. The van der Waals surface area contributed by atoms with Gasteiger partial charge in [0.2, 0.25) is 0 Å². The summed E-state index contributed by atoms with van der Waals surface area (Å²) in [5, 5.41) is 31.5. The summed E-state index contributed by atoms with van der Waals surface area (Å²) in [4.78, 5) is 51.3. The van der Waals surface area contributed by atoms with Crippen molar-refractivity contribution in [3.8, 4) is 0 Å². The lowest BCUT2D eigenvalue weighted by atomic mass is 9.98. The van der Waals surface area contributed by atoms with Crippen molar-refractivity contribution in [2.75, 3.05) is 13.2 Å². The lowest BCUT2D eigenvalue weighted by Crippen LogP contribution is -2.61. The van der Waals surface area contributed by atoms with Crippen LogP contribution in [0.1, 0.15) is 239 Å². The van der Waals surface area contributed by atoms with E-state index in [4.69, 9.17) is 23.7 Å². The average Bonchev–Trinajstić information content (AvgIpc) is 3.53. The van der Waals surface area contributed by atoms with Gasteiger partial charge in [-0.3, -0.25) is 14.4 Å². The number of rotatable bonds is 52. The minimum Gasteiger partial charge on any atom is -0.479 e. The molecule has 0 saturated carbocycles. The SMILES string of the molecule is CC/C=C\C/C=C\C/C=C\C/C=C\CCCCC(=O)OC1C(OCC(COC(=O)CCCCCCCC/C=C\C/C=C\C/C=C\CCCCC)OC(=O)CCCCCCCCC/C=C\C/C=C\C/C=C\CC)OC(C(=O)O)C(O)C1O. The van der Waals surface area contributed by atoms with Crippen LogP contribution in [0.3, 0.4) is 0 Å². The number of aliphatic hydroxyl groups excluding tert-OH is 2. The predicted molar refractivity (Wildman–Crippen MR) is 330 cm³/mol. The summed E-state index contributed by atoms with van der Waals surface area (Å²) in [6.07, 6.45) is 64.4. The monoisotopic (exact) mass is 1130 g/mol. The normalized spacial score (nSPS) is 18.6. The van der Waals surface area contributed by atoms with E-state index in [0.29, 0.717) is 25.7 Å². The van der Waals surface area contributed by atoms with Gasteiger partial charge in [0.05, 0.1) is 6.61 Å². The predicted octanol–water partition coefficient (Wildman–Crippen LogP) is 16.8. The molecule has 1 fully saturated rings. The zero-order valence-electron chi connectivity index (χ0n) is 50.5. The molecular formula is C69H110O12. The summed E-state index contributed by atoms with van der Waals surface area (Å²) in [5.74, 6) is -3.22. The molecule has 458 valence electrons. The van der Waals surface area contributed by atoms with Crippen molar-refractivity contribution in [2.24, 2.45) is 0 Å². The highest BCUT2D eigenvalue weighted by molar-refractivity contribution is 5.74. The number of aliphatic hydroxyl groups is 2. The smallest absolute Gasteiger partial charge is 0.335 e. The molecule has 6 atom stereocenters. The van der Waals surface area contributed by atoms with Gasteiger partial charge in [0.15, 0.2) is 24.6 Å². The quantitative estimate of drug-likeness (QED) is 0.0228. The zero-order chi connectivity index (χ0) is 58.9. The van der Waals surface area contributed by atoms with Crippen LogP contribution < -0.4 is 0 Å². The van der Waals surface area contributed by atoms with Gasteiger partial charge >= 0.3 is 23.9 Å². The van der Waals surface area contributed by atoms with Crippen LogP contribution in [0.5, 0.6) is 0 Å². The highest BCUT2D eigenvalue weighted by atomic mass is 16.7. The van der Waals surface area contributed by atoms with Gasteiger partial charge in [-0.05, 0) is 128 Å². The minimum absolute atomic E-state index is 0.000318. The van der Waals surface area contributed by atoms with Crippen molar-refractivity contribution in [1.82, 2.24) is 0 Å². The zero-order valence-corrected chi connectivity index (χ0v) is 50.5. The van der Waals surface area contributed by atoms with Crippen LogP contribution in [0, 0.1) is 0 Å². The van der Waals surface area contributed by atoms with E-state index in [0.717, 1.165) is 148 Å². The molecule has 0 aliphatic carbocycles. The molecule has 1 rings (SSSR count). The van der Waals surface area contributed by atoms with Gasteiger partial charge in [0.1, 0.15) is 18.8 Å². The second kappa shape index (κ2) is 55.6. The van der Waals surface area contributed by atoms with Gasteiger partial charge in [0, 0.05) is 19.3 Å². The Bertz CT molecular complexity index is 1870. The highest BCUT2D eigenvalue weighted by Crippen LogP contribution is 2.26. The van der Waals surface area contributed by atoms with E-state index < -0.39 is 67.3 Å². The second-order valence-electron chi connectivity index (χ2n) is 20.9. The number of allylic oxidation sites excluding steroid dienone is 20. The lowest BCUT2D eigenvalue weighted by Gasteiger charge is -2.40. The number of hydrogen-bond acceptors (Lipinski definition) is 11. The lowest BCUT2D eigenvalue weighted by molar-refractivity contribution is -0.301. The van der Waals surface area contributed by atoms with Crippen molar-refractivity contribution in [2.45, 2.75) is 276 Å². The van der Waals surface area contributed by atoms with Crippen molar-refractivity contribution in [3.05, 3.63) is 122 Å². The number of carbonyl (C=O) groups is 4. The van der Waals surface area contributed by atoms with E-state index in [1.54, 1.807) is 0 Å². The second-order valence-corrected chi connectivity index (χ2v) is 20.9. The first-order chi connectivity index (χ1) is 39.6. The Morgan fingerprint density at radius 2 is 0.778 bits per heavy atom. The fourth-order valence-corrected chi connectivity index (χ4v) is 8.73. The molecule has 0 bridgehead atoms. The summed E-state index contributed by atoms with van der Waals surface area (Å²) in [6, 6.07) is 0. The van der Waals surface area contributed by atoms with Gasteiger partial charge in [-0.25, -0.2) is 4.79 Å². The third kappa shape index (κ3) is 45.3. The van der Waals surface area contributed by atoms with Gasteiger partial charge in [-0.2, -0.15) is 0 Å². The molecular weight excluding hydrogens is 1020 g/mol. The topological polar surface area (TPSA) is 175 Å². The Morgan fingerprint density at radius 3 is 1.21 bits per heavy atom. The Labute approximate surface area is 490 Å². The first kappa shape index (κ1) is 74.1. The van der Waals surface area contributed by atoms with Crippen LogP contribution in [0.25, 0.3) is 0 Å². The number of carboxylic acids is 1. The molecule has 3 N–H and O–H groups in total. The van der Waals surface area contributed by atoms with Gasteiger partial charge in [0.25, 0.3) is 0 Å². The first-order valence-corrected chi connectivity index (χ1v) is 31.5. The standard InChI is InChI=1S/C69H110O12/c1-4-7-10-13-16-19-22-25-28-30-31-33-35-37-40-43-46-49-52-55-61(70)77-58-60(79-62(71)56-53-50-47-44-41-39-36-32-29-26-23-20-17-14-11-8-5-2)59-78-69-67(65(74)64(73)66(81-69)68(75)76)80-63(72)57-54-51-48-45-42-38-34-27-24-21-18-15-12-9-6-3/h8-9,11-12,16-21,25-29,31,33-34,42,45,60,64-67,69,73-74H,4-7,10,13-15,22-24,30,32,35-41,43-44,46-59H2,1-3H3,(H,75,76)/b11-8-,12-9-,19-16-,20-17-,21-18-,28-25-,29-26-,33-31-,34-27-,45-42-. The Kier molecular flexibility index (Phi) is 50.9. The summed E-state index contributed by atoms with van der Waals surface area (Å²) in [6.45, 7) is 5.71. The van der Waals surface area contributed by atoms with Gasteiger partial charge in [-0.15, -0.1) is 0 Å². The largest absolute Gasteiger partial charge is 0.479 e. The number of hydrogen-bond donors (Lipinski definition) is 3. The maximum Gasteiger partial charge on any atom is 0.335 e. The molecule has 0 aromatic rings. The van der Waals surface area contributed by atoms with Crippen LogP contribution in [0.15, 0.2) is 122 Å². The molecule has 0 spiro atoms. The summed E-state index contributed by atoms with van der Waals surface area (Å²) < 4.78 is 28.4. The molecule has 0 aromatic heterocycles. The molecule has 12 heteroatoms. The fourth-order valence-electron chi connectivity index (χ4n) is 8.73. The maximum absolute atomic E-state index is 13.2. The van der Waals surface area contributed by atoms with Crippen LogP contribution in [0.4, 0.5) is 0 Å². The van der Waals surface area contributed by atoms with Crippen LogP contribution >= 0.6 is 0 Å². The molecule has 1 aliphatic heterocycles. The molecule has 0 aromatic carbocycles. The van der Waals surface area contributed by atoms with Gasteiger partial charge < -0.3 is 39.0 Å². The number of aliphatic carboxylic acids is 1. The molecule has 1 saturated heterocycles. The van der Waals surface area contributed by atoms with Crippen molar-refractivity contribution >= 4 is 23.9 Å². The third-order valence-corrected chi connectivity index (χ3v) is 13.5. The Morgan fingerprint density at radius 1 is 0.420 bits per heavy atom. The van der Waals surface area contributed by atoms with E-state index in [1.807, 2.05) is 0 Å². The van der Waals surface area contributed by atoms with E-state index >= 15 is 0 Å². The molecule has 1 heterocycles. The molecule has 0 amide bonds. The number of unbranched alkanes of at least 4 members (excludes halogenated alkanes) is 18. The average molecular weight is 1130 g/mol. The summed E-state index contributed by atoms with van der Waals surface area (Å²) in [5.41, 5.74) is 0. The molecule has 0 radical (unpaired) electrons. The minimum atomic E-state index is -1.93.